The first-order valence-corrected chi connectivity index (χ1v) is 5.45. The van der Waals surface area contributed by atoms with Gasteiger partial charge in [0.05, 0.1) is 11.8 Å². The summed E-state index contributed by atoms with van der Waals surface area (Å²) in [6.45, 7) is 0.575. The SMILES string of the molecule is CN(C)CC(O)c1ccc2c(c1)OCC(=O)N2. The maximum atomic E-state index is 11.1. The summed E-state index contributed by atoms with van der Waals surface area (Å²) in [5, 5.41) is 12.7. The third kappa shape index (κ3) is 2.75. The molecule has 0 radical (unpaired) electrons. The van der Waals surface area contributed by atoms with Crippen molar-refractivity contribution in [1.82, 2.24) is 4.90 Å². The van der Waals surface area contributed by atoms with E-state index in [0.717, 1.165) is 5.56 Å². The Balaban J connectivity index is 2.19. The largest absolute Gasteiger partial charge is 0.482 e. The van der Waals surface area contributed by atoms with E-state index in [1.54, 1.807) is 18.2 Å². The number of amides is 1. The van der Waals surface area contributed by atoms with Crippen LogP contribution in [0.15, 0.2) is 18.2 Å². The Labute approximate surface area is 100.0 Å². The van der Waals surface area contributed by atoms with Crippen LogP contribution in [0.25, 0.3) is 0 Å². The Morgan fingerprint density at radius 2 is 2.29 bits per heavy atom. The average molecular weight is 236 g/mol. The first-order chi connectivity index (χ1) is 8.06. The molecule has 0 aromatic heterocycles. The summed E-state index contributed by atoms with van der Waals surface area (Å²) in [7, 11) is 3.80. The van der Waals surface area contributed by atoms with E-state index in [2.05, 4.69) is 5.32 Å². The van der Waals surface area contributed by atoms with Gasteiger partial charge in [-0.1, -0.05) is 6.07 Å². The lowest BCUT2D eigenvalue weighted by molar-refractivity contribution is -0.118. The molecule has 1 aromatic carbocycles. The lowest BCUT2D eigenvalue weighted by atomic mass is 10.1. The van der Waals surface area contributed by atoms with Gasteiger partial charge >= 0.3 is 0 Å². The summed E-state index contributed by atoms with van der Waals surface area (Å²) in [6.07, 6.45) is -0.559. The van der Waals surface area contributed by atoms with E-state index in [9.17, 15) is 9.90 Å². The normalized spacial score (nSPS) is 16.1. The van der Waals surface area contributed by atoms with Crippen molar-refractivity contribution in [1.29, 1.82) is 0 Å². The van der Waals surface area contributed by atoms with Gasteiger partial charge in [-0.2, -0.15) is 0 Å². The van der Waals surface area contributed by atoms with Crippen LogP contribution < -0.4 is 10.1 Å². The van der Waals surface area contributed by atoms with Crippen molar-refractivity contribution in [3.63, 3.8) is 0 Å². The van der Waals surface area contributed by atoms with Crippen molar-refractivity contribution in [2.75, 3.05) is 32.6 Å². The molecule has 92 valence electrons. The lowest BCUT2D eigenvalue weighted by Gasteiger charge is -2.21. The molecule has 0 bridgehead atoms. The van der Waals surface area contributed by atoms with Crippen molar-refractivity contribution >= 4 is 11.6 Å². The van der Waals surface area contributed by atoms with Gasteiger partial charge in [0.2, 0.25) is 0 Å². The fourth-order valence-corrected chi connectivity index (χ4v) is 1.75. The van der Waals surface area contributed by atoms with Gasteiger partial charge in [-0.15, -0.1) is 0 Å². The molecule has 17 heavy (non-hydrogen) atoms. The molecule has 1 unspecified atom stereocenters. The van der Waals surface area contributed by atoms with Crippen LogP contribution in [0.4, 0.5) is 5.69 Å². The summed E-state index contributed by atoms with van der Waals surface area (Å²) < 4.78 is 5.29. The molecule has 1 amide bonds. The second-order valence-electron chi connectivity index (χ2n) is 4.37. The second kappa shape index (κ2) is 4.73. The number of likely N-dealkylation sites (N-methyl/N-ethyl adjacent to an activating group) is 1. The molecule has 5 nitrogen and oxygen atoms in total. The fourth-order valence-electron chi connectivity index (χ4n) is 1.75. The Morgan fingerprint density at radius 3 is 3.00 bits per heavy atom. The zero-order valence-corrected chi connectivity index (χ0v) is 9.93. The number of aliphatic hydroxyl groups excluding tert-OH is 1. The highest BCUT2D eigenvalue weighted by Gasteiger charge is 2.18. The molecule has 1 aliphatic rings. The zero-order valence-electron chi connectivity index (χ0n) is 9.93. The molecule has 0 saturated carbocycles. The van der Waals surface area contributed by atoms with E-state index >= 15 is 0 Å². The monoisotopic (exact) mass is 236 g/mol. The summed E-state index contributed by atoms with van der Waals surface area (Å²) >= 11 is 0. The van der Waals surface area contributed by atoms with Gasteiger partial charge in [-0.3, -0.25) is 4.79 Å². The lowest BCUT2D eigenvalue weighted by Crippen LogP contribution is -2.25. The van der Waals surface area contributed by atoms with Gasteiger partial charge in [-0.25, -0.2) is 0 Å². The van der Waals surface area contributed by atoms with Crippen LogP contribution in [0.3, 0.4) is 0 Å². The van der Waals surface area contributed by atoms with Gasteiger partial charge in [0.25, 0.3) is 5.91 Å². The van der Waals surface area contributed by atoms with Crippen molar-refractivity contribution in [3.8, 4) is 5.75 Å². The maximum absolute atomic E-state index is 11.1. The summed E-state index contributed by atoms with van der Waals surface area (Å²) in [5.41, 5.74) is 1.44. The number of hydrogen-bond acceptors (Lipinski definition) is 4. The third-order valence-corrected chi connectivity index (χ3v) is 2.56. The number of hydrogen-bond donors (Lipinski definition) is 2. The van der Waals surface area contributed by atoms with E-state index in [0.29, 0.717) is 18.0 Å². The van der Waals surface area contributed by atoms with Crippen LogP contribution in [0.2, 0.25) is 0 Å². The first kappa shape index (κ1) is 11.9. The summed E-state index contributed by atoms with van der Waals surface area (Å²) in [5.74, 6) is 0.457. The molecular weight excluding hydrogens is 220 g/mol. The number of anilines is 1. The first-order valence-electron chi connectivity index (χ1n) is 5.45. The molecule has 2 rings (SSSR count). The Kier molecular flexibility index (Phi) is 3.31. The fraction of sp³-hybridized carbons (Fsp3) is 0.417. The van der Waals surface area contributed by atoms with Gasteiger partial charge in [-0.05, 0) is 31.8 Å². The number of ether oxygens (including phenoxy) is 1. The highest BCUT2D eigenvalue weighted by molar-refractivity contribution is 5.95. The van der Waals surface area contributed by atoms with Gasteiger partial charge in [0.1, 0.15) is 5.75 Å². The molecule has 0 aliphatic carbocycles. The number of nitrogens with zero attached hydrogens (tertiary/aromatic N) is 1. The quantitative estimate of drug-likeness (QED) is 0.807. The number of nitrogens with one attached hydrogen (secondary N) is 1. The number of carbonyl (C=O) groups excluding carboxylic acids is 1. The molecule has 2 N–H and O–H groups in total. The molecule has 1 aromatic rings. The maximum Gasteiger partial charge on any atom is 0.262 e. The van der Waals surface area contributed by atoms with E-state index in [-0.39, 0.29) is 12.5 Å². The van der Waals surface area contributed by atoms with Crippen molar-refractivity contribution in [2.24, 2.45) is 0 Å². The van der Waals surface area contributed by atoms with E-state index in [1.165, 1.54) is 0 Å². The summed E-state index contributed by atoms with van der Waals surface area (Å²) in [4.78, 5) is 13.0. The molecule has 1 atom stereocenters. The predicted octanol–water partition coefficient (Wildman–Crippen LogP) is 0.612. The van der Waals surface area contributed by atoms with Crippen LogP contribution in [-0.2, 0) is 4.79 Å². The highest BCUT2D eigenvalue weighted by atomic mass is 16.5. The van der Waals surface area contributed by atoms with Crippen LogP contribution in [0.5, 0.6) is 5.75 Å². The highest BCUT2D eigenvalue weighted by Crippen LogP contribution is 2.30. The minimum Gasteiger partial charge on any atom is -0.482 e. The topological polar surface area (TPSA) is 61.8 Å². The van der Waals surface area contributed by atoms with Crippen LogP contribution >= 0.6 is 0 Å². The van der Waals surface area contributed by atoms with Crippen molar-refractivity contribution in [3.05, 3.63) is 23.8 Å². The summed E-state index contributed by atoms with van der Waals surface area (Å²) in [6, 6.07) is 5.31. The second-order valence-corrected chi connectivity index (χ2v) is 4.37. The molecule has 0 spiro atoms. The molecular formula is C12H16N2O3. The van der Waals surface area contributed by atoms with Gasteiger partial charge in [0, 0.05) is 6.54 Å². The van der Waals surface area contributed by atoms with Gasteiger partial charge < -0.3 is 20.1 Å². The number of aliphatic hydroxyl groups is 1. The molecule has 0 fully saturated rings. The number of benzene rings is 1. The van der Waals surface area contributed by atoms with E-state index < -0.39 is 6.10 Å². The molecule has 1 heterocycles. The number of fused-ring (bicyclic) bond motifs is 1. The van der Waals surface area contributed by atoms with Crippen LogP contribution in [-0.4, -0.2) is 43.2 Å². The molecule has 0 saturated heterocycles. The van der Waals surface area contributed by atoms with E-state index in [4.69, 9.17) is 4.74 Å². The van der Waals surface area contributed by atoms with Crippen LogP contribution in [0, 0.1) is 0 Å². The Bertz CT molecular complexity index is 432. The minimum absolute atomic E-state index is 0.0280. The van der Waals surface area contributed by atoms with E-state index in [1.807, 2.05) is 19.0 Å². The number of carbonyl (C=O) groups is 1. The standard InChI is InChI=1S/C12H16N2O3/c1-14(2)6-10(15)8-3-4-9-11(5-8)17-7-12(16)13-9/h3-5,10,15H,6-7H2,1-2H3,(H,13,16). The predicted molar refractivity (Wildman–Crippen MR) is 64.1 cm³/mol. The zero-order chi connectivity index (χ0) is 12.4. The molecule has 1 aliphatic heterocycles. The number of rotatable bonds is 3. The van der Waals surface area contributed by atoms with Crippen LogP contribution in [0.1, 0.15) is 11.7 Å². The van der Waals surface area contributed by atoms with Crippen molar-refractivity contribution < 1.29 is 14.6 Å². The van der Waals surface area contributed by atoms with Crippen molar-refractivity contribution in [2.45, 2.75) is 6.10 Å². The Morgan fingerprint density at radius 1 is 1.53 bits per heavy atom. The third-order valence-electron chi connectivity index (χ3n) is 2.56. The van der Waals surface area contributed by atoms with Gasteiger partial charge in [0.15, 0.2) is 6.61 Å². The smallest absolute Gasteiger partial charge is 0.262 e. The molecule has 5 heteroatoms. The average Bonchev–Trinajstić information content (AvgIpc) is 2.27. The minimum atomic E-state index is -0.559. The Hall–Kier alpha value is -1.59.